The first kappa shape index (κ1) is 11.0. The predicted molar refractivity (Wildman–Crippen MR) is 58.1 cm³/mol. The van der Waals surface area contributed by atoms with Gasteiger partial charge in [0, 0.05) is 18.1 Å². The van der Waals surface area contributed by atoms with Gasteiger partial charge in [-0.2, -0.15) is 4.37 Å². The second-order valence-electron chi connectivity index (χ2n) is 3.37. The second-order valence-corrected chi connectivity index (χ2v) is 4.13. The number of rotatable bonds is 2. The maximum Gasteiger partial charge on any atom is 0.245 e. The Morgan fingerprint density at radius 1 is 1.62 bits per heavy atom. The van der Waals surface area contributed by atoms with Crippen LogP contribution in [-0.4, -0.2) is 40.3 Å². The van der Waals surface area contributed by atoms with Gasteiger partial charge in [-0.1, -0.05) is 0 Å². The SMILES string of the molecule is Cc1nsc(NC(=O)C2CNC(=O)CN2)n1. The normalized spacial score (nSPS) is 20.3. The molecular formula is C8H11N5O2S. The van der Waals surface area contributed by atoms with Crippen LogP contribution < -0.4 is 16.0 Å². The summed E-state index contributed by atoms with van der Waals surface area (Å²) < 4.78 is 3.95. The lowest BCUT2D eigenvalue weighted by molar-refractivity contribution is -0.124. The highest BCUT2D eigenvalue weighted by Crippen LogP contribution is 2.10. The molecule has 1 aromatic heterocycles. The van der Waals surface area contributed by atoms with Gasteiger partial charge in [0.05, 0.1) is 6.54 Å². The van der Waals surface area contributed by atoms with E-state index in [4.69, 9.17) is 0 Å². The average Bonchev–Trinajstić information content (AvgIpc) is 2.65. The summed E-state index contributed by atoms with van der Waals surface area (Å²) in [5.41, 5.74) is 0. The number of carbonyl (C=O) groups is 2. The highest BCUT2D eigenvalue weighted by Gasteiger charge is 2.24. The minimum Gasteiger partial charge on any atom is -0.353 e. The Balaban J connectivity index is 1.91. The quantitative estimate of drug-likeness (QED) is 0.609. The first-order valence-electron chi connectivity index (χ1n) is 4.76. The Bertz CT molecular complexity index is 408. The summed E-state index contributed by atoms with van der Waals surface area (Å²) in [6.45, 7) is 2.21. The molecular weight excluding hydrogens is 230 g/mol. The van der Waals surface area contributed by atoms with Crippen molar-refractivity contribution >= 4 is 28.5 Å². The molecule has 16 heavy (non-hydrogen) atoms. The highest BCUT2D eigenvalue weighted by atomic mass is 32.1. The van der Waals surface area contributed by atoms with E-state index in [9.17, 15) is 9.59 Å². The molecule has 1 unspecified atom stereocenters. The smallest absolute Gasteiger partial charge is 0.245 e. The molecule has 1 aliphatic heterocycles. The van der Waals surface area contributed by atoms with E-state index in [1.807, 2.05) is 0 Å². The molecule has 1 saturated heterocycles. The van der Waals surface area contributed by atoms with Gasteiger partial charge in [0.25, 0.3) is 0 Å². The number of aryl methyl sites for hydroxylation is 1. The van der Waals surface area contributed by atoms with Gasteiger partial charge < -0.3 is 5.32 Å². The molecule has 8 heteroatoms. The van der Waals surface area contributed by atoms with Gasteiger partial charge >= 0.3 is 0 Å². The number of hydrogen-bond donors (Lipinski definition) is 3. The molecule has 1 aliphatic rings. The van der Waals surface area contributed by atoms with Crippen LogP contribution in [-0.2, 0) is 9.59 Å². The van der Waals surface area contributed by atoms with Crippen molar-refractivity contribution < 1.29 is 9.59 Å². The molecule has 1 atom stereocenters. The van der Waals surface area contributed by atoms with Gasteiger partial charge in [-0.25, -0.2) is 4.98 Å². The number of aromatic nitrogens is 2. The van der Waals surface area contributed by atoms with E-state index >= 15 is 0 Å². The molecule has 1 aromatic rings. The van der Waals surface area contributed by atoms with Crippen LogP contribution >= 0.6 is 11.5 Å². The summed E-state index contributed by atoms with van der Waals surface area (Å²) in [6.07, 6.45) is 0. The number of piperazine rings is 1. The van der Waals surface area contributed by atoms with E-state index in [0.717, 1.165) is 11.5 Å². The van der Waals surface area contributed by atoms with Crippen molar-refractivity contribution in [1.82, 2.24) is 20.0 Å². The van der Waals surface area contributed by atoms with E-state index in [0.29, 0.717) is 17.5 Å². The second kappa shape index (κ2) is 4.54. The van der Waals surface area contributed by atoms with Crippen LogP contribution in [0.4, 0.5) is 5.13 Å². The molecule has 0 aromatic carbocycles. The minimum atomic E-state index is -0.415. The van der Waals surface area contributed by atoms with Crippen LogP contribution in [0.5, 0.6) is 0 Å². The van der Waals surface area contributed by atoms with Crippen molar-refractivity contribution in [3.63, 3.8) is 0 Å². The fourth-order valence-electron chi connectivity index (χ4n) is 1.29. The lowest BCUT2D eigenvalue weighted by Gasteiger charge is -2.22. The Morgan fingerprint density at radius 2 is 2.44 bits per heavy atom. The summed E-state index contributed by atoms with van der Waals surface area (Å²) in [7, 11) is 0. The molecule has 0 bridgehead atoms. The van der Waals surface area contributed by atoms with E-state index in [1.165, 1.54) is 0 Å². The fraction of sp³-hybridized carbons (Fsp3) is 0.500. The van der Waals surface area contributed by atoms with Crippen LogP contribution in [0.2, 0.25) is 0 Å². The zero-order valence-electron chi connectivity index (χ0n) is 8.61. The molecule has 86 valence electrons. The van der Waals surface area contributed by atoms with Crippen LogP contribution in [0.15, 0.2) is 0 Å². The molecule has 2 heterocycles. The minimum absolute atomic E-state index is 0.101. The predicted octanol–water partition coefficient (Wildman–Crippen LogP) is -1.13. The summed E-state index contributed by atoms with van der Waals surface area (Å²) in [5.74, 6) is 0.317. The van der Waals surface area contributed by atoms with Gasteiger partial charge in [-0.3, -0.25) is 20.2 Å². The summed E-state index contributed by atoms with van der Waals surface area (Å²) in [4.78, 5) is 26.6. The topological polar surface area (TPSA) is 96.0 Å². The van der Waals surface area contributed by atoms with Gasteiger partial charge in [0.2, 0.25) is 16.9 Å². The van der Waals surface area contributed by atoms with Crippen molar-refractivity contribution in [1.29, 1.82) is 0 Å². The zero-order chi connectivity index (χ0) is 11.5. The van der Waals surface area contributed by atoms with E-state index < -0.39 is 6.04 Å². The Labute approximate surface area is 95.8 Å². The summed E-state index contributed by atoms with van der Waals surface area (Å²) in [6, 6.07) is -0.415. The van der Waals surface area contributed by atoms with Gasteiger partial charge in [0.1, 0.15) is 11.9 Å². The standard InChI is InChI=1S/C8H11N5O2S/c1-4-11-8(16-13-4)12-7(15)5-2-10-6(14)3-9-5/h5,9H,2-3H2,1H3,(H,10,14)(H,11,12,13,15). The molecule has 2 rings (SSSR count). The number of carbonyl (C=O) groups excluding carboxylic acids is 2. The van der Waals surface area contributed by atoms with Crippen LogP contribution in [0.3, 0.4) is 0 Å². The fourth-order valence-corrected chi connectivity index (χ4v) is 1.87. The Kier molecular flexibility index (Phi) is 3.11. The largest absolute Gasteiger partial charge is 0.353 e. The van der Waals surface area contributed by atoms with Gasteiger partial charge in [-0.15, -0.1) is 0 Å². The molecule has 0 spiro atoms. The summed E-state index contributed by atoms with van der Waals surface area (Å²) >= 11 is 1.13. The van der Waals surface area contributed by atoms with E-state index in [2.05, 4.69) is 25.3 Å². The Hall–Kier alpha value is -1.54. The number of nitrogens with one attached hydrogen (secondary N) is 3. The number of anilines is 1. The molecule has 0 saturated carbocycles. The number of hydrogen-bond acceptors (Lipinski definition) is 6. The monoisotopic (exact) mass is 241 g/mol. The molecule has 1 fully saturated rings. The van der Waals surface area contributed by atoms with Crippen LogP contribution in [0, 0.1) is 6.92 Å². The van der Waals surface area contributed by atoms with Crippen molar-refractivity contribution in [2.75, 3.05) is 18.4 Å². The molecule has 2 amide bonds. The Morgan fingerprint density at radius 3 is 3.00 bits per heavy atom. The number of amides is 2. The average molecular weight is 241 g/mol. The molecule has 0 aliphatic carbocycles. The zero-order valence-corrected chi connectivity index (χ0v) is 9.43. The van der Waals surface area contributed by atoms with Crippen LogP contribution in [0.1, 0.15) is 5.82 Å². The van der Waals surface area contributed by atoms with Gasteiger partial charge in [-0.05, 0) is 6.92 Å². The molecule has 7 nitrogen and oxygen atoms in total. The third-order valence-electron chi connectivity index (χ3n) is 2.09. The van der Waals surface area contributed by atoms with E-state index in [-0.39, 0.29) is 18.4 Å². The van der Waals surface area contributed by atoms with Crippen molar-refractivity contribution in [2.45, 2.75) is 13.0 Å². The first-order valence-corrected chi connectivity index (χ1v) is 5.54. The maximum atomic E-state index is 11.7. The van der Waals surface area contributed by atoms with Crippen molar-refractivity contribution in [3.8, 4) is 0 Å². The summed E-state index contributed by atoms with van der Waals surface area (Å²) in [5, 5.41) is 8.55. The lowest BCUT2D eigenvalue weighted by Crippen LogP contribution is -2.56. The number of nitrogens with zero attached hydrogens (tertiary/aromatic N) is 2. The third kappa shape index (κ3) is 2.52. The molecule has 0 radical (unpaired) electrons. The highest BCUT2D eigenvalue weighted by molar-refractivity contribution is 7.09. The first-order chi connectivity index (χ1) is 7.65. The van der Waals surface area contributed by atoms with Crippen molar-refractivity contribution in [2.24, 2.45) is 0 Å². The van der Waals surface area contributed by atoms with E-state index in [1.54, 1.807) is 6.92 Å². The lowest BCUT2D eigenvalue weighted by atomic mass is 10.2. The third-order valence-corrected chi connectivity index (χ3v) is 2.81. The van der Waals surface area contributed by atoms with Crippen molar-refractivity contribution in [3.05, 3.63) is 5.82 Å². The van der Waals surface area contributed by atoms with Gasteiger partial charge in [0.15, 0.2) is 0 Å². The van der Waals surface area contributed by atoms with Crippen LogP contribution in [0.25, 0.3) is 0 Å². The molecule has 3 N–H and O–H groups in total. The maximum absolute atomic E-state index is 11.7.